The first-order valence-corrected chi connectivity index (χ1v) is 10.8. The van der Waals surface area contributed by atoms with Crippen LogP contribution in [-0.2, 0) is 16.1 Å². The van der Waals surface area contributed by atoms with Gasteiger partial charge in [0, 0.05) is 36.9 Å². The Balaban J connectivity index is 0.000000521. The molecule has 0 amide bonds. The number of rotatable bonds is 8. The fourth-order valence-electron chi connectivity index (χ4n) is 3.59. The van der Waals surface area contributed by atoms with E-state index in [9.17, 15) is 0 Å². The second-order valence-electron chi connectivity index (χ2n) is 7.47. The zero-order chi connectivity index (χ0) is 23.5. The van der Waals surface area contributed by atoms with Gasteiger partial charge in [-0.3, -0.25) is 0 Å². The third kappa shape index (κ3) is 7.58. The zero-order valence-electron chi connectivity index (χ0n) is 18.8. The third-order valence-corrected chi connectivity index (χ3v) is 5.14. The van der Waals surface area contributed by atoms with Crippen LogP contribution < -0.4 is 10.2 Å². The Hall–Kier alpha value is -3.95. The van der Waals surface area contributed by atoms with Gasteiger partial charge in [-0.2, -0.15) is 0 Å². The number of nitrogens with one attached hydrogen (secondary N) is 1. The van der Waals surface area contributed by atoms with Gasteiger partial charge in [-0.15, -0.1) is 0 Å². The van der Waals surface area contributed by atoms with E-state index in [1.165, 1.54) is 22.5 Å². The van der Waals surface area contributed by atoms with Crippen molar-refractivity contribution in [3.05, 3.63) is 78.4 Å². The fourth-order valence-corrected chi connectivity index (χ4v) is 3.59. The van der Waals surface area contributed by atoms with Gasteiger partial charge in [-0.25, -0.2) is 14.6 Å². The molecule has 0 bridgehead atoms. The molecule has 34 heavy (non-hydrogen) atoms. The molecule has 2 heterocycles. The van der Waals surface area contributed by atoms with Crippen LogP contribution in [0.3, 0.4) is 0 Å². The molecule has 1 aromatic heterocycles. The monoisotopic (exact) mass is 466 g/mol. The second kappa shape index (κ2) is 13.6. The molecule has 0 aliphatic carbocycles. The number of anilines is 2. The minimum Gasteiger partial charge on any atom is -0.473 e. The van der Waals surface area contributed by atoms with Gasteiger partial charge < -0.3 is 30.5 Å². The van der Waals surface area contributed by atoms with Gasteiger partial charge >= 0.3 is 11.9 Å². The number of aryl methyl sites for hydroxylation is 1. The Labute approximate surface area is 198 Å². The van der Waals surface area contributed by atoms with Crippen LogP contribution in [0.4, 0.5) is 11.4 Å². The quantitative estimate of drug-likeness (QED) is 0.343. The average Bonchev–Trinajstić information content (AvgIpc) is 3.29. The first kappa shape index (κ1) is 26.3. The molecule has 0 atom stereocenters. The molecule has 1 aliphatic heterocycles. The minimum absolute atomic E-state index is 0. The predicted octanol–water partition coefficient (Wildman–Crippen LogP) is 2.91. The molecule has 5 N–H and O–H groups in total. The summed E-state index contributed by atoms with van der Waals surface area (Å²) in [6.07, 6.45) is 12.4. The highest BCUT2D eigenvalue weighted by atomic mass is 16.4. The van der Waals surface area contributed by atoms with Gasteiger partial charge in [0.1, 0.15) is 0 Å². The van der Waals surface area contributed by atoms with Crippen molar-refractivity contribution in [1.82, 2.24) is 14.9 Å². The second-order valence-corrected chi connectivity index (χ2v) is 7.47. The summed E-state index contributed by atoms with van der Waals surface area (Å²) in [6, 6.07) is 17.3. The lowest BCUT2D eigenvalue weighted by Crippen LogP contribution is -2.25. The van der Waals surface area contributed by atoms with E-state index in [0.29, 0.717) is 0 Å². The molecule has 0 radical (unpaired) electrons. The largest absolute Gasteiger partial charge is 0.473 e. The number of benzene rings is 2. The molecule has 9 nitrogen and oxygen atoms in total. The van der Waals surface area contributed by atoms with Crippen molar-refractivity contribution in [2.75, 3.05) is 24.5 Å². The topological polar surface area (TPSA) is 139 Å². The van der Waals surface area contributed by atoms with Crippen molar-refractivity contribution in [3.8, 4) is 0 Å². The summed E-state index contributed by atoms with van der Waals surface area (Å²) in [7, 11) is 0. The fraction of sp³-hybridized carbons (Fsp3) is 0.240. The van der Waals surface area contributed by atoms with Gasteiger partial charge in [-0.05, 0) is 49.2 Å². The lowest BCUT2D eigenvalue weighted by atomic mass is 10.1. The summed E-state index contributed by atoms with van der Waals surface area (Å²) in [5.41, 5.74) is 5.14. The maximum absolute atomic E-state index is 9.10. The number of carboxylic acids is 2. The van der Waals surface area contributed by atoms with Gasteiger partial charge in [0.2, 0.25) is 0 Å². The number of fused-ring (bicyclic) bond motifs is 2. The van der Waals surface area contributed by atoms with E-state index >= 15 is 0 Å². The Morgan fingerprint density at radius 3 is 1.85 bits per heavy atom. The Kier molecular flexibility index (Phi) is 10.5. The molecule has 3 aromatic rings. The summed E-state index contributed by atoms with van der Waals surface area (Å²) in [5.74, 6) is -3.65. The van der Waals surface area contributed by atoms with Crippen molar-refractivity contribution in [3.63, 3.8) is 0 Å². The highest BCUT2D eigenvalue weighted by Crippen LogP contribution is 2.35. The molecular weight excluding hydrogens is 436 g/mol. The zero-order valence-corrected chi connectivity index (χ0v) is 18.8. The number of hydrogen-bond acceptors (Lipinski definition) is 5. The molecule has 0 unspecified atom stereocenters. The standard InChI is InChI=1S/C23H26N4.C2H2O4.H2O/c1-3-9-22-20(7-1)11-12-21-8-2-4-10-23(21)27(22)17-6-14-24-13-5-16-26-18-15-25-19-26;3-1(4)2(5)6;/h1-4,7-12,15,18-19,24H,5-6,13-14,16-17H2;(H,3,4)(H,5,6);1H2. The van der Waals surface area contributed by atoms with Crippen molar-refractivity contribution in [1.29, 1.82) is 0 Å². The number of imidazole rings is 1. The normalized spacial score (nSPS) is 11.2. The number of hydrogen-bond donors (Lipinski definition) is 3. The number of para-hydroxylation sites is 2. The van der Waals surface area contributed by atoms with Gasteiger partial charge in [0.25, 0.3) is 0 Å². The first-order valence-electron chi connectivity index (χ1n) is 10.8. The average molecular weight is 467 g/mol. The number of carboxylic acid groups (broad SMARTS) is 2. The predicted molar refractivity (Wildman–Crippen MR) is 132 cm³/mol. The SMILES string of the molecule is C1=Cc2ccccc2N(CCCNCCCn2ccnc2)c2ccccc21.O.O=C(O)C(=O)O. The molecule has 0 spiro atoms. The van der Waals surface area contributed by atoms with E-state index in [-0.39, 0.29) is 5.48 Å². The summed E-state index contributed by atoms with van der Waals surface area (Å²) < 4.78 is 2.12. The number of nitrogens with zero attached hydrogens (tertiary/aromatic N) is 3. The van der Waals surface area contributed by atoms with E-state index < -0.39 is 11.9 Å². The van der Waals surface area contributed by atoms with Crippen LogP contribution in [0.25, 0.3) is 12.2 Å². The van der Waals surface area contributed by atoms with Crippen LogP contribution in [-0.4, -0.2) is 56.8 Å². The van der Waals surface area contributed by atoms with Crippen LogP contribution in [0.2, 0.25) is 0 Å². The molecular formula is C25H30N4O5. The minimum atomic E-state index is -1.82. The van der Waals surface area contributed by atoms with Gasteiger partial charge in [0.15, 0.2) is 0 Å². The molecule has 180 valence electrons. The summed E-state index contributed by atoms with van der Waals surface area (Å²) >= 11 is 0. The number of aliphatic carboxylic acids is 2. The van der Waals surface area contributed by atoms with E-state index in [1.54, 1.807) is 0 Å². The van der Waals surface area contributed by atoms with E-state index in [2.05, 4.69) is 80.5 Å². The Bertz CT molecular complexity index is 1020. The Morgan fingerprint density at radius 1 is 0.824 bits per heavy atom. The first-order chi connectivity index (χ1) is 16.1. The van der Waals surface area contributed by atoms with Crippen molar-refractivity contribution in [2.45, 2.75) is 19.4 Å². The lowest BCUT2D eigenvalue weighted by molar-refractivity contribution is -0.159. The molecule has 0 fully saturated rings. The van der Waals surface area contributed by atoms with E-state index in [0.717, 1.165) is 39.0 Å². The molecule has 0 saturated carbocycles. The molecule has 4 rings (SSSR count). The Morgan fingerprint density at radius 2 is 1.35 bits per heavy atom. The van der Waals surface area contributed by atoms with Crippen LogP contribution >= 0.6 is 0 Å². The van der Waals surface area contributed by atoms with Gasteiger partial charge in [-0.1, -0.05) is 48.6 Å². The van der Waals surface area contributed by atoms with Crippen molar-refractivity contribution < 1.29 is 25.3 Å². The molecule has 1 aliphatic rings. The maximum atomic E-state index is 9.10. The smallest absolute Gasteiger partial charge is 0.414 e. The van der Waals surface area contributed by atoms with Crippen LogP contribution in [0, 0.1) is 0 Å². The number of aromatic nitrogens is 2. The summed E-state index contributed by atoms with van der Waals surface area (Å²) in [4.78, 5) is 24.7. The lowest BCUT2D eigenvalue weighted by Gasteiger charge is -2.27. The summed E-state index contributed by atoms with van der Waals surface area (Å²) in [6.45, 7) is 4.08. The molecule has 0 saturated heterocycles. The van der Waals surface area contributed by atoms with Crippen LogP contribution in [0.15, 0.2) is 67.3 Å². The van der Waals surface area contributed by atoms with Crippen LogP contribution in [0.5, 0.6) is 0 Å². The van der Waals surface area contributed by atoms with E-state index in [1.807, 2.05) is 18.7 Å². The van der Waals surface area contributed by atoms with Crippen molar-refractivity contribution in [2.24, 2.45) is 0 Å². The van der Waals surface area contributed by atoms with E-state index in [4.69, 9.17) is 19.8 Å². The molecule has 9 heteroatoms. The van der Waals surface area contributed by atoms with Gasteiger partial charge in [0.05, 0.1) is 6.33 Å². The number of carbonyl (C=O) groups is 2. The highest BCUT2D eigenvalue weighted by Gasteiger charge is 2.16. The third-order valence-electron chi connectivity index (χ3n) is 5.14. The summed E-state index contributed by atoms with van der Waals surface area (Å²) in [5, 5.41) is 18.4. The van der Waals surface area contributed by atoms with Crippen molar-refractivity contribution >= 4 is 35.5 Å². The maximum Gasteiger partial charge on any atom is 0.414 e. The molecule has 2 aromatic carbocycles. The van der Waals surface area contributed by atoms with Crippen LogP contribution in [0.1, 0.15) is 24.0 Å². The highest BCUT2D eigenvalue weighted by molar-refractivity contribution is 6.27.